The van der Waals surface area contributed by atoms with Gasteiger partial charge in [-0.2, -0.15) is 0 Å². The Morgan fingerprint density at radius 2 is 1.71 bits per heavy atom. The first-order chi connectivity index (χ1) is 11.7. The summed E-state index contributed by atoms with van der Waals surface area (Å²) < 4.78 is 11.3. The fourth-order valence-electron chi connectivity index (χ4n) is 3.48. The van der Waals surface area contributed by atoms with Gasteiger partial charge in [0.25, 0.3) is 0 Å². The van der Waals surface area contributed by atoms with Gasteiger partial charge < -0.3 is 14.6 Å². The van der Waals surface area contributed by atoms with Crippen LogP contribution in [-0.2, 0) is 0 Å². The summed E-state index contributed by atoms with van der Waals surface area (Å²) in [5.74, 6) is 1.57. The van der Waals surface area contributed by atoms with E-state index in [9.17, 15) is 5.11 Å². The lowest BCUT2D eigenvalue weighted by Crippen LogP contribution is -2.25. The standard InChI is InChI=1S/C21H34O3/c1-3-4-5-6-7-8-9-10-11-12-18-15-20(22)19-14-13-17(23-2)16-21(19)24-18/h13-14,16,18,20,22H,3-12,15H2,1-2H3. The number of aliphatic hydroxyl groups excluding tert-OH is 1. The van der Waals surface area contributed by atoms with Gasteiger partial charge in [-0.25, -0.2) is 0 Å². The lowest BCUT2D eigenvalue weighted by molar-refractivity contribution is 0.0602. The van der Waals surface area contributed by atoms with E-state index in [-0.39, 0.29) is 6.10 Å². The quantitative estimate of drug-likeness (QED) is 0.520. The highest BCUT2D eigenvalue weighted by Gasteiger charge is 2.26. The predicted octanol–water partition coefficient (Wildman–Crippen LogP) is 5.80. The molecule has 0 saturated heterocycles. The number of fused-ring (bicyclic) bond motifs is 1. The van der Waals surface area contributed by atoms with Crippen molar-refractivity contribution in [1.82, 2.24) is 0 Å². The van der Waals surface area contributed by atoms with E-state index in [1.54, 1.807) is 7.11 Å². The van der Waals surface area contributed by atoms with Crippen LogP contribution in [0.15, 0.2) is 18.2 Å². The largest absolute Gasteiger partial charge is 0.497 e. The molecule has 1 aromatic carbocycles. The summed E-state index contributed by atoms with van der Waals surface area (Å²) in [6.07, 6.45) is 13.5. The fourth-order valence-corrected chi connectivity index (χ4v) is 3.48. The number of ether oxygens (including phenoxy) is 2. The molecule has 0 bridgehead atoms. The van der Waals surface area contributed by atoms with E-state index < -0.39 is 6.10 Å². The summed E-state index contributed by atoms with van der Waals surface area (Å²) in [7, 11) is 1.65. The lowest BCUT2D eigenvalue weighted by Gasteiger charge is -2.30. The molecule has 0 spiro atoms. The van der Waals surface area contributed by atoms with Crippen molar-refractivity contribution in [3.8, 4) is 11.5 Å². The second-order valence-electron chi connectivity index (χ2n) is 7.01. The molecule has 136 valence electrons. The van der Waals surface area contributed by atoms with Gasteiger partial charge in [0.2, 0.25) is 0 Å². The molecule has 2 unspecified atom stereocenters. The summed E-state index contributed by atoms with van der Waals surface area (Å²) in [6.45, 7) is 2.26. The number of benzene rings is 1. The Kier molecular flexibility index (Phi) is 8.44. The van der Waals surface area contributed by atoms with Gasteiger partial charge in [0.05, 0.1) is 13.2 Å². The minimum absolute atomic E-state index is 0.129. The number of hydrogen-bond donors (Lipinski definition) is 1. The first-order valence-corrected chi connectivity index (χ1v) is 9.77. The minimum Gasteiger partial charge on any atom is -0.497 e. The van der Waals surface area contributed by atoms with Gasteiger partial charge in [0.15, 0.2) is 0 Å². The van der Waals surface area contributed by atoms with Crippen molar-refractivity contribution in [3.05, 3.63) is 23.8 Å². The molecule has 1 aliphatic heterocycles. The SMILES string of the molecule is CCCCCCCCCCCC1CC(O)c2ccc(OC)cc2O1. The van der Waals surface area contributed by atoms with Crippen LogP contribution in [0.2, 0.25) is 0 Å². The molecule has 2 atom stereocenters. The summed E-state index contributed by atoms with van der Waals surface area (Å²) in [4.78, 5) is 0. The normalized spacial score (nSPS) is 19.6. The van der Waals surface area contributed by atoms with Gasteiger partial charge in [0, 0.05) is 18.1 Å². The van der Waals surface area contributed by atoms with Crippen LogP contribution in [-0.4, -0.2) is 18.3 Å². The monoisotopic (exact) mass is 334 g/mol. The Hall–Kier alpha value is -1.22. The van der Waals surface area contributed by atoms with Gasteiger partial charge in [0.1, 0.15) is 17.6 Å². The van der Waals surface area contributed by atoms with Crippen molar-refractivity contribution < 1.29 is 14.6 Å². The molecule has 0 amide bonds. The van der Waals surface area contributed by atoms with Crippen LogP contribution in [0.4, 0.5) is 0 Å². The Morgan fingerprint density at radius 1 is 1.04 bits per heavy atom. The van der Waals surface area contributed by atoms with Crippen molar-refractivity contribution in [2.24, 2.45) is 0 Å². The van der Waals surface area contributed by atoms with Crippen LogP contribution in [0.1, 0.15) is 89.2 Å². The Morgan fingerprint density at radius 3 is 2.38 bits per heavy atom. The smallest absolute Gasteiger partial charge is 0.129 e. The minimum atomic E-state index is -0.414. The first-order valence-electron chi connectivity index (χ1n) is 9.77. The van der Waals surface area contributed by atoms with E-state index in [1.165, 1.54) is 57.8 Å². The molecular formula is C21H34O3. The average molecular weight is 335 g/mol. The summed E-state index contributed by atoms with van der Waals surface area (Å²) in [6, 6.07) is 5.68. The maximum Gasteiger partial charge on any atom is 0.129 e. The molecule has 0 aliphatic carbocycles. The van der Waals surface area contributed by atoms with Crippen LogP contribution in [0.5, 0.6) is 11.5 Å². The zero-order valence-corrected chi connectivity index (χ0v) is 15.4. The van der Waals surface area contributed by atoms with E-state index >= 15 is 0 Å². The van der Waals surface area contributed by atoms with E-state index in [0.29, 0.717) is 6.42 Å². The van der Waals surface area contributed by atoms with Crippen LogP contribution < -0.4 is 9.47 Å². The van der Waals surface area contributed by atoms with Crippen molar-refractivity contribution in [3.63, 3.8) is 0 Å². The third kappa shape index (κ3) is 6.01. The van der Waals surface area contributed by atoms with Crippen LogP contribution in [0.25, 0.3) is 0 Å². The molecule has 0 aromatic heterocycles. The number of aliphatic hydroxyl groups is 1. The van der Waals surface area contributed by atoms with Gasteiger partial charge >= 0.3 is 0 Å². The van der Waals surface area contributed by atoms with Crippen molar-refractivity contribution in [1.29, 1.82) is 0 Å². The van der Waals surface area contributed by atoms with Gasteiger partial charge in [-0.05, 0) is 25.0 Å². The van der Waals surface area contributed by atoms with Crippen LogP contribution in [0, 0.1) is 0 Å². The Bertz CT molecular complexity index is 472. The molecule has 0 fully saturated rings. The first kappa shape index (κ1) is 19.1. The highest BCUT2D eigenvalue weighted by atomic mass is 16.5. The number of methoxy groups -OCH3 is 1. The lowest BCUT2D eigenvalue weighted by atomic mass is 9.95. The van der Waals surface area contributed by atoms with Crippen LogP contribution >= 0.6 is 0 Å². The van der Waals surface area contributed by atoms with Crippen molar-refractivity contribution >= 4 is 0 Å². The predicted molar refractivity (Wildman–Crippen MR) is 98.8 cm³/mol. The Balaban J connectivity index is 1.64. The number of unbranched alkanes of at least 4 members (excludes halogenated alkanes) is 8. The molecule has 3 nitrogen and oxygen atoms in total. The van der Waals surface area contributed by atoms with E-state index in [0.717, 1.165) is 23.5 Å². The highest BCUT2D eigenvalue weighted by molar-refractivity contribution is 5.43. The fraction of sp³-hybridized carbons (Fsp3) is 0.714. The highest BCUT2D eigenvalue weighted by Crippen LogP contribution is 2.38. The summed E-state index contributed by atoms with van der Waals surface area (Å²) in [5.41, 5.74) is 0.888. The molecular weight excluding hydrogens is 300 g/mol. The molecule has 1 heterocycles. The van der Waals surface area contributed by atoms with Crippen molar-refractivity contribution in [2.75, 3.05) is 7.11 Å². The summed E-state index contributed by atoms with van der Waals surface area (Å²) >= 11 is 0. The third-order valence-electron chi connectivity index (χ3n) is 4.99. The number of hydrogen-bond acceptors (Lipinski definition) is 3. The second-order valence-corrected chi connectivity index (χ2v) is 7.01. The van der Waals surface area contributed by atoms with E-state index in [1.807, 2.05) is 18.2 Å². The maximum atomic E-state index is 10.3. The van der Waals surface area contributed by atoms with Crippen molar-refractivity contribution in [2.45, 2.75) is 89.8 Å². The molecule has 1 aliphatic rings. The van der Waals surface area contributed by atoms with E-state index in [2.05, 4.69) is 6.92 Å². The van der Waals surface area contributed by atoms with Gasteiger partial charge in [-0.1, -0.05) is 58.3 Å². The molecule has 0 saturated carbocycles. The van der Waals surface area contributed by atoms with Gasteiger partial charge in [-0.15, -0.1) is 0 Å². The maximum absolute atomic E-state index is 10.3. The molecule has 2 rings (SSSR count). The summed E-state index contributed by atoms with van der Waals surface area (Å²) in [5, 5.41) is 10.3. The third-order valence-corrected chi connectivity index (χ3v) is 4.99. The van der Waals surface area contributed by atoms with Gasteiger partial charge in [-0.3, -0.25) is 0 Å². The molecule has 0 radical (unpaired) electrons. The number of rotatable bonds is 11. The van der Waals surface area contributed by atoms with Crippen LogP contribution in [0.3, 0.4) is 0 Å². The average Bonchev–Trinajstić information content (AvgIpc) is 2.59. The van der Waals surface area contributed by atoms with E-state index in [4.69, 9.17) is 9.47 Å². The molecule has 3 heteroatoms. The zero-order chi connectivity index (χ0) is 17.2. The topological polar surface area (TPSA) is 38.7 Å². The molecule has 1 aromatic rings. The zero-order valence-electron chi connectivity index (χ0n) is 15.4. The molecule has 24 heavy (non-hydrogen) atoms. The molecule has 1 N–H and O–H groups in total. The second kappa shape index (κ2) is 10.6. The Labute approximate surface area is 147 Å².